The molecule has 0 saturated heterocycles. The van der Waals surface area contributed by atoms with E-state index in [9.17, 15) is 4.79 Å². The molecule has 0 aliphatic heterocycles. The number of nitrogens with one attached hydrogen (secondary N) is 2. The topological polar surface area (TPSA) is 75.6 Å². The first-order valence-corrected chi connectivity index (χ1v) is 7.94. The Hall–Kier alpha value is -2.89. The number of carbonyl (C=O) groups is 1. The Morgan fingerprint density at radius 3 is 2.62 bits per heavy atom. The molecule has 0 spiro atoms. The Morgan fingerprint density at radius 2 is 1.96 bits per heavy atom. The molecule has 2 heterocycles. The predicted molar refractivity (Wildman–Crippen MR) is 93.7 cm³/mol. The van der Waals surface area contributed by atoms with Crippen LogP contribution in [0, 0.1) is 20.8 Å². The van der Waals surface area contributed by atoms with Crippen LogP contribution in [0.3, 0.4) is 0 Å². The SMILES string of the molecule is Cc1ccc(-c2cnc(NC(=O)CCn3nc(C)cc3C)[nH]2)cc1. The van der Waals surface area contributed by atoms with Crippen LogP contribution in [0.15, 0.2) is 36.5 Å². The highest BCUT2D eigenvalue weighted by atomic mass is 16.1. The van der Waals surface area contributed by atoms with Gasteiger partial charge in [0.05, 0.1) is 17.6 Å². The molecule has 0 aliphatic rings. The van der Waals surface area contributed by atoms with Crippen molar-refractivity contribution in [3.63, 3.8) is 0 Å². The van der Waals surface area contributed by atoms with Gasteiger partial charge in [-0.05, 0) is 32.4 Å². The maximum Gasteiger partial charge on any atom is 0.228 e. The third-order valence-electron chi connectivity index (χ3n) is 3.85. The maximum atomic E-state index is 12.1. The molecule has 6 nitrogen and oxygen atoms in total. The van der Waals surface area contributed by atoms with E-state index in [1.165, 1.54) is 5.56 Å². The van der Waals surface area contributed by atoms with Crippen molar-refractivity contribution >= 4 is 11.9 Å². The Bertz CT molecular complexity index is 845. The number of H-pyrrole nitrogens is 1. The number of amides is 1. The number of aromatic amines is 1. The van der Waals surface area contributed by atoms with Gasteiger partial charge in [0.2, 0.25) is 11.9 Å². The molecule has 0 aliphatic carbocycles. The first-order valence-electron chi connectivity index (χ1n) is 7.94. The van der Waals surface area contributed by atoms with E-state index in [0.29, 0.717) is 18.9 Å². The second-order valence-corrected chi connectivity index (χ2v) is 5.96. The Labute approximate surface area is 140 Å². The van der Waals surface area contributed by atoms with Crippen molar-refractivity contribution in [1.82, 2.24) is 19.7 Å². The monoisotopic (exact) mass is 323 g/mol. The van der Waals surface area contributed by atoms with Gasteiger partial charge in [-0.25, -0.2) is 4.98 Å². The fourth-order valence-corrected chi connectivity index (χ4v) is 2.57. The van der Waals surface area contributed by atoms with Crippen molar-refractivity contribution < 1.29 is 4.79 Å². The van der Waals surface area contributed by atoms with Crippen molar-refractivity contribution in [3.8, 4) is 11.3 Å². The third-order valence-corrected chi connectivity index (χ3v) is 3.85. The zero-order valence-corrected chi connectivity index (χ0v) is 14.1. The van der Waals surface area contributed by atoms with Crippen LogP contribution in [-0.2, 0) is 11.3 Å². The summed E-state index contributed by atoms with van der Waals surface area (Å²) in [5.74, 6) is 0.372. The number of anilines is 1. The fourth-order valence-electron chi connectivity index (χ4n) is 2.57. The van der Waals surface area contributed by atoms with E-state index in [2.05, 4.69) is 20.4 Å². The van der Waals surface area contributed by atoms with Crippen LogP contribution in [0.5, 0.6) is 0 Å². The van der Waals surface area contributed by atoms with Gasteiger partial charge in [-0.2, -0.15) is 5.10 Å². The molecule has 2 N–H and O–H groups in total. The molecule has 0 saturated carbocycles. The first-order chi connectivity index (χ1) is 11.5. The van der Waals surface area contributed by atoms with Gasteiger partial charge in [-0.3, -0.25) is 14.8 Å². The Morgan fingerprint density at radius 1 is 1.21 bits per heavy atom. The maximum absolute atomic E-state index is 12.1. The summed E-state index contributed by atoms with van der Waals surface area (Å²) in [6.45, 7) is 6.53. The fraction of sp³-hybridized carbons (Fsp3) is 0.278. The molecule has 0 unspecified atom stereocenters. The van der Waals surface area contributed by atoms with Gasteiger partial charge >= 0.3 is 0 Å². The molecule has 0 atom stereocenters. The summed E-state index contributed by atoms with van der Waals surface area (Å²) >= 11 is 0. The lowest BCUT2D eigenvalue weighted by Crippen LogP contribution is -2.16. The van der Waals surface area contributed by atoms with Crippen LogP contribution in [0.4, 0.5) is 5.95 Å². The highest BCUT2D eigenvalue weighted by molar-refractivity contribution is 5.89. The Balaban J connectivity index is 1.59. The number of carbonyl (C=O) groups excluding carboxylic acids is 1. The molecule has 124 valence electrons. The van der Waals surface area contributed by atoms with E-state index >= 15 is 0 Å². The van der Waals surface area contributed by atoms with E-state index in [1.807, 2.05) is 55.8 Å². The number of rotatable bonds is 5. The summed E-state index contributed by atoms with van der Waals surface area (Å²) in [5, 5.41) is 7.15. The lowest BCUT2D eigenvalue weighted by Gasteiger charge is -2.04. The van der Waals surface area contributed by atoms with E-state index in [1.54, 1.807) is 6.20 Å². The minimum absolute atomic E-state index is 0.0904. The summed E-state index contributed by atoms with van der Waals surface area (Å²) < 4.78 is 1.84. The highest BCUT2D eigenvalue weighted by Gasteiger charge is 2.09. The lowest BCUT2D eigenvalue weighted by atomic mass is 10.1. The van der Waals surface area contributed by atoms with Crippen LogP contribution < -0.4 is 5.32 Å². The summed E-state index contributed by atoms with van der Waals surface area (Å²) in [6.07, 6.45) is 2.07. The molecule has 2 aromatic heterocycles. The van der Waals surface area contributed by atoms with Crippen molar-refractivity contribution in [2.24, 2.45) is 0 Å². The summed E-state index contributed by atoms with van der Waals surface area (Å²) in [5.41, 5.74) is 5.14. The van der Waals surface area contributed by atoms with Crippen LogP contribution >= 0.6 is 0 Å². The van der Waals surface area contributed by atoms with Crippen LogP contribution in [0.1, 0.15) is 23.4 Å². The predicted octanol–water partition coefficient (Wildman–Crippen LogP) is 3.23. The molecule has 6 heteroatoms. The van der Waals surface area contributed by atoms with Crippen LogP contribution in [0.25, 0.3) is 11.3 Å². The number of aromatic nitrogens is 4. The second kappa shape index (κ2) is 6.70. The molecular weight excluding hydrogens is 302 g/mol. The molecule has 3 aromatic rings. The average Bonchev–Trinajstić information content (AvgIpc) is 3.12. The molecule has 0 radical (unpaired) electrons. The smallest absolute Gasteiger partial charge is 0.228 e. The molecule has 3 rings (SSSR count). The van der Waals surface area contributed by atoms with E-state index < -0.39 is 0 Å². The number of hydrogen-bond acceptors (Lipinski definition) is 3. The van der Waals surface area contributed by atoms with Gasteiger partial charge in [-0.15, -0.1) is 0 Å². The zero-order chi connectivity index (χ0) is 17.1. The number of imidazole rings is 1. The second-order valence-electron chi connectivity index (χ2n) is 5.96. The molecular formula is C18H21N5O. The van der Waals surface area contributed by atoms with Crippen molar-refractivity contribution in [2.45, 2.75) is 33.7 Å². The molecule has 1 amide bonds. The quantitative estimate of drug-likeness (QED) is 0.757. The minimum Gasteiger partial charge on any atom is -0.324 e. The van der Waals surface area contributed by atoms with Crippen molar-refractivity contribution in [1.29, 1.82) is 0 Å². The van der Waals surface area contributed by atoms with Gasteiger partial charge in [0.15, 0.2) is 0 Å². The Kier molecular flexibility index (Phi) is 4.46. The van der Waals surface area contributed by atoms with Crippen molar-refractivity contribution in [2.75, 3.05) is 5.32 Å². The van der Waals surface area contributed by atoms with Gasteiger partial charge in [-0.1, -0.05) is 29.8 Å². The summed E-state index contributed by atoms with van der Waals surface area (Å²) in [4.78, 5) is 19.4. The van der Waals surface area contributed by atoms with Gasteiger partial charge < -0.3 is 4.98 Å². The number of benzene rings is 1. The minimum atomic E-state index is -0.0904. The van der Waals surface area contributed by atoms with Gasteiger partial charge in [0, 0.05) is 18.7 Å². The normalized spacial score (nSPS) is 10.8. The molecule has 0 fully saturated rings. The molecule has 0 bridgehead atoms. The van der Waals surface area contributed by atoms with E-state index in [-0.39, 0.29) is 5.91 Å². The standard InChI is InChI=1S/C18H21N5O/c1-12-4-6-15(7-5-12)16-11-19-18(20-16)21-17(24)8-9-23-14(3)10-13(2)22-23/h4-7,10-11H,8-9H2,1-3H3,(H2,19,20,21,24). The number of hydrogen-bond donors (Lipinski definition) is 2. The van der Waals surface area contributed by atoms with Gasteiger partial charge in [0.25, 0.3) is 0 Å². The first kappa shape index (κ1) is 16.0. The van der Waals surface area contributed by atoms with Crippen LogP contribution in [0.2, 0.25) is 0 Å². The summed E-state index contributed by atoms with van der Waals surface area (Å²) in [7, 11) is 0. The number of aryl methyl sites for hydroxylation is 4. The number of nitrogens with zero attached hydrogens (tertiary/aromatic N) is 3. The molecule has 1 aromatic carbocycles. The molecule has 24 heavy (non-hydrogen) atoms. The van der Waals surface area contributed by atoms with Gasteiger partial charge in [0.1, 0.15) is 0 Å². The summed E-state index contributed by atoms with van der Waals surface area (Å²) in [6, 6.07) is 10.1. The van der Waals surface area contributed by atoms with E-state index in [4.69, 9.17) is 0 Å². The van der Waals surface area contributed by atoms with Crippen LogP contribution in [-0.4, -0.2) is 25.7 Å². The third kappa shape index (κ3) is 3.71. The van der Waals surface area contributed by atoms with Crippen molar-refractivity contribution in [3.05, 3.63) is 53.5 Å². The zero-order valence-electron chi connectivity index (χ0n) is 14.1. The van der Waals surface area contributed by atoms with E-state index in [0.717, 1.165) is 22.6 Å². The lowest BCUT2D eigenvalue weighted by molar-refractivity contribution is -0.116. The average molecular weight is 323 g/mol. The highest BCUT2D eigenvalue weighted by Crippen LogP contribution is 2.19. The largest absolute Gasteiger partial charge is 0.324 e.